The van der Waals surface area contributed by atoms with Crippen molar-refractivity contribution in [3.05, 3.63) is 435 Å². The van der Waals surface area contributed by atoms with Crippen molar-refractivity contribution in [2.24, 2.45) is 0 Å². The Balaban J connectivity index is 0.000000117. The lowest BCUT2D eigenvalue weighted by atomic mass is 9.82. The SMILES string of the molecule is Nc1cc(Cl)c(Br)cc1OC=O.[2H]O[B].[C-]#[N+]c1cccc(-c2c3c(c(-c4cccc(C#N)c4)c4cc(Br)c(Cl)cc24)-c2cc4ccccc4c4cccc-3c24)c1.[C-]#[N+]c1cccc(-c2c3c(c(-c4cccc(C#N)c4)c4cc(Cl)c(Br)cc24)-c2cc4ccccc4c4cccc-3c24)c1.[C-]#[N+]c1cccc(C2=C3C(=C(c4cccc([N+]#[C-])c4)C2=O)c2cc4ccccc4c4cccc3c24)c1. The maximum atomic E-state index is 14.2. The van der Waals surface area contributed by atoms with Crippen molar-refractivity contribution in [1.29, 1.82) is 12.0 Å². The van der Waals surface area contributed by atoms with E-state index in [4.69, 9.17) is 68.3 Å². The first-order valence-corrected chi connectivity index (χ1v) is 45.4. The highest BCUT2D eigenvalue weighted by molar-refractivity contribution is 9.11. The molecule has 11 nitrogen and oxygen atoms in total. The minimum Gasteiger partial charge on any atom is -0.461 e. The molecular weight excluding hydrogens is 1910 g/mol. The number of hydrogen-bond acceptors (Lipinski definition) is 7. The molecule has 4 aliphatic rings. The van der Waals surface area contributed by atoms with Crippen molar-refractivity contribution < 1.29 is 19.4 Å². The average molecular weight is 1970 g/mol. The normalized spacial score (nSPS) is 11.9. The number of benzene rings is 20. The first-order valence-electron chi connectivity index (χ1n) is 42.3. The van der Waals surface area contributed by atoms with Crippen LogP contribution in [0.3, 0.4) is 0 Å². The Morgan fingerprint density at radius 3 is 1.04 bits per heavy atom. The van der Waals surface area contributed by atoms with E-state index in [-0.39, 0.29) is 5.78 Å². The summed E-state index contributed by atoms with van der Waals surface area (Å²) >= 11 is 29.9. The van der Waals surface area contributed by atoms with Gasteiger partial charge in [0.1, 0.15) is 0 Å². The van der Waals surface area contributed by atoms with E-state index in [1.54, 1.807) is 24.3 Å². The Morgan fingerprint density at radius 1 is 0.343 bits per heavy atom. The molecule has 0 unspecified atom stereocenters. The number of Topliss-reactive ketones (excluding diaryl/α,β-unsaturated/α-hetero) is 1. The molecule has 3 N–H and O–H groups in total. The average Bonchev–Trinajstić information content (AvgIpc) is 1.54. The van der Waals surface area contributed by atoms with Crippen LogP contribution in [0.15, 0.2) is 341 Å². The summed E-state index contributed by atoms with van der Waals surface area (Å²) in [6.45, 7) is 30.7. The topological polar surface area (TPSA) is 155 Å². The number of nitrogen functional groups attached to an aromatic ring is 1. The van der Waals surface area contributed by atoms with Gasteiger partial charge in [-0.2, -0.15) is 10.5 Å². The summed E-state index contributed by atoms with van der Waals surface area (Å²) in [5.74, 6) is 0.223. The summed E-state index contributed by atoms with van der Waals surface area (Å²) in [5.41, 5.74) is 33.1. The standard InChI is InChI=1S/2C38H18BrClN2.C33H16N2O.C7H5BrClNO2.BHO/c1-42-25-11-5-10-24(16-25)35-29-18-32(39)33(40)19-30(29)34(23-9-4-7-21(15-23)20-41)38-31-17-22-8-2-3-12-26(22)27-13-6-14-28(36(27)31)37(35)38;1-42-25-11-5-10-24(16-25)35-30-19-33(40)32(39)18-29(30)34(23-9-4-7-21(15-23)20-41)38-31-17-22-8-2-3-12-26(22)27-13-6-14-28(36(27)31)37(35)38;1-34-22-11-5-9-20(16-22)28-31-26-15-7-14-25-24-13-4-3-8-19(24)18-27(30(25)26)32(31)29(33(28)36)21-10-6-12-23(17-21)35-2;8-4-1-7(12-3-11)6(10)2-5(4)9;1-2/h2*2-19H;3-18H;1-3H,10H2;2H/i;;;;2D. The van der Waals surface area contributed by atoms with Crippen LogP contribution in [0, 0.1) is 49.0 Å². The summed E-state index contributed by atoms with van der Waals surface area (Å²) < 4.78 is 12.3. The molecule has 626 valence electrons. The van der Waals surface area contributed by atoms with Gasteiger partial charge in [-0.15, -0.1) is 0 Å². The zero-order valence-corrected chi connectivity index (χ0v) is 77.0. The van der Waals surface area contributed by atoms with Gasteiger partial charge in [0.05, 0.1) is 70.3 Å². The van der Waals surface area contributed by atoms with Gasteiger partial charge in [-0.05, 0) is 348 Å². The molecule has 24 rings (SSSR count). The smallest absolute Gasteiger partial charge is 0.298 e. The van der Waals surface area contributed by atoms with E-state index < -0.39 is 0 Å². The number of nitriles is 2. The second-order valence-corrected chi connectivity index (χ2v) is 35.9. The zero-order valence-electron chi connectivity index (χ0n) is 71.0. The van der Waals surface area contributed by atoms with Crippen molar-refractivity contribution in [2.75, 3.05) is 5.73 Å². The highest BCUT2D eigenvalue weighted by Gasteiger charge is 2.42. The lowest BCUT2D eigenvalue weighted by molar-refractivity contribution is -0.120. The molecular formula is C116H58BBr3Cl3N7O4. The Bertz CT molecular complexity index is 8710. The van der Waals surface area contributed by atoms with E-state index >= 15 is 0 Å². The molecule has 134 heavy (non-hydrogen) atoms. The minimum absolute atomic E-state index is 0.0694. The number of allylic oxidation sites excluding steroid dienone is 4. The van der Waals surface area contributed by atoms with Gasteiger partial charge in [0, 0.05) is 35.7 Å². The number of anilines is 1. The molecule has 0 amide bonds. The number of hydrogen-bond donors (Lipinski definition) is 2. The fourth-order valence-electron chi connectivity index (χ4n) is 19.7. The first-order chi connectivity index (χ1) is 65.9. The quantitative estimate of drug-likeness (QED) is 0.0505. The summed E-state index contributed by atoms with van der Waals surface area (Å²) in [4.78, 5) is 38.9. The summed E-state index contributed by atoms with van der Waals surface area (Å²) in [7, 11) is 4.01. The van der Waals surface area contributed by atoms with E-state index in [1.165, 1.54) is 66.2 Å². The highest BCUT2D eigenvalue weighted by atomic mass is 79.9. The molecule has 2 radical (unpaired) electrons. The van der Waals surface area contributed by atoms with Gasteiger partial charge in [-0.3, -0.25) is 9.59 Å². The van der Waals surface area contributed by atoms with Crippen LogP contribution in [0.25, 0.3) is 217 Å². The Labute approximate surface area is 811 Å². The van der Waals surface area contributed by atoms with E-state index in [9.17, 15) is 20.1 Å². The van der Waals surface area contributed by atoms with Crippen molar-refractivity contribution >= 4 is 240 Å². The van der Waals surface area contributed by atoms with Gasteiger partial charge >= 0.3 is 0 Å². The fraction of sp³-hybridized carbons (Fsp3) is 0. The molecule has 20 aromatic carbocycles. The minimum atomic E-state index is -0.0694. The van der Waals surface area contributed by atoms with Gasteiger partial charge in [-0.25, -0.2) is 19.4 Å². The van der Waals surface area contributed by atoms with Gasteiger partial charge in [0.25, 0.3) is 14.5 Å². The summed E-state index contributed by atoms with van der Waals surface area (Å²) in [6.07, 6.45) is 0. The van der Waals surface area contributed by atoms with Gasteiger partial charge < -0.3 is 15.5 Å². The second-order valence-electron chi connectivity index (χ2n) is 32.1. The third-order valence-electron chi connectivity index (χ3n) is 25.0. The summed E-state index contributed by atoms with van der Waals surface area (Å²) in [5, 5.41) is 42.6. The molecule has 0 atom stereocenters. The predicted molar refractivity (Wildman–Crippen MR) is 560 cm³/mol. The largest absolute Gasteiger partial charge is 0.461 e. The van der Waals surface area contributed by atoms with E-state index in [0.29, 0.717) is 82.5 Å². The van der Waals surface area contributed by atoms with Crippen LogP contribution in [-0.2, 0) is 9.59 Å². The third-order valence-corrected chi connectivity index (χ3v) is 28.6. The fourth-order valence-corrected chi connectivity index (χ4v) is 21.3. The summed E-state index contributed by atoms with van der Waals surface area (Å²) in [6, 6.07) is 113. The van der Waals surface area contributed by atoms with Crippen LogP contribution in [0.2, 0.25) is 15.1 Å². The number of carbonyl (C=O) groups is 2. The molecule has 0 aliphatic heterocycles. The van der Waals surface area contributed by atoms with Crippen molar-refractivity contribution in [3.8, 4) is 107 Å². The number of nitrogens with zero attached hydrogens (tertiary/aromatic N) is 6. The second kappa shape index (κ2) is 35.5. The molecule has 4 aliphatic carbocycles. The van der Waals surface area contributed by atoms with E-state index in [2.05, 4.69) is 273 Å². The van der Waals surface area contributed by atoms with Crippen LogP contribution >= 0.6 is 82.6 Å². The maximum absolute atomic E-state index is 14.2. The number of halogens is 6. The number of carbonyl (C=O) groups excluding carboxylic acids is 2. The van der Waals surface area contributed by atoms with Crippen molar-refractivity contribution in [2.45, 2.75) is 0 Å². The number of fused-ring (bicyclic) bond motifs is 17. The molecule has 18 heteroatoms. The third kappa shape index (κ3) is 14.5. The molecule has 0 bridgehead atoms. The van der Waals surface area contributed by atoms with Crippen LogP contribution in [0.4, 0.5) is 28.4 Å². The Hall–Kier alpha value is -15.8. The molecule has 0 aromatic heterocycles. The highest BCUT2D eigenvalue weighted by Crippen LogP contribution is 2.64. The van der Waals surface area contributed by atoms with Crippen LogP contribution < -0.4 is 10.5 Å². The van der Waals surface area contributed by atoms with Crippen molar-refractivity contribution in [3.63, 3.8) is 0 Å². The zero-order chi connectivity index (χ0) is 93.3. The molecule has 0 fully saturated rings. The Morgan fingerprint density at radius 2 is 0.649 bits per heavy atom. The molecule has 0 spiro atoms. The number of ketones is 1. The lowest BCUT2D eigenvalue weighted by Gasteiger charge is -2.21. The number of ether oxygens (including phenoxy) is 1. The van der Waals surface area contributed by atoms with Crippen LogP contribution in [-0.4, -0.2) is 26.8 Å². The van der Waals surface area contributed by atoms with Gasteiger partial charge in [-0.1, -0.05) is 259 Å². The van der Waals surface area contributed by atoms with Crippen LogP contribution in [0.5, 0.6) is 5.75 Å². The molecule has 0 heterocycles. The van der Waals surface area contributed by atoms with E-state index in [0.717, 1.165) is 164 Å². The van der Waals surface area contributed by atoms with E-state index in [1.807, 2.05) is 115 Å². The number of rotatable bonds is 8. The Kier molecular flexibility index (Phi) is 22.5. The monoisotopic (exact) mass is 1970 g/mol. The molecule has 0 saturated heterocycles. The van der Waals surface area contributed by atoms with Crippen LogP contribution in [0.1, 0.15) is 33.4 Å². The molecule has 0 saturated carbocycles. The van der Waals surface area contributed by atoms with Crippen molar-refractivity contribution in [1.82, 2.24) is 0 Å². The lowest BCUT2D eigenvalue weighted by Crippen LogP contribution is -2.02. The van der Waals surface area contributed by atoms with Gasteiger partial charge in [0.2, 0.25) is 0 Å². The number of nitrogens with two attached hydrogens (primary N) is 1. The first kappa shape index (κ1) is 85.0. The molecule has 20 aromatic rings. The predicted octanol–water partition coefficient (Wildman–Crippen LogP) is 33.7. The maximum Gasteiger partial charge on any atom is 0.298 e. The van der Waals surface area contributed by atoms with Gasteiger partial charge in [0.15, 0.2) is 35.7 Å².